The summed E-state index contributed by atoms with van der Waals surface area (Å²) in [5, 5.41) is 31.6. The Hall–Kier alpha value is -6.53. The molecule has 0 bridgehead atoms. The van der Waals surface area contributed by atoms with Crippen LogP contribution in [-0.4, -0.2) is 54.0 Å². The van der Waals surface area contributed by atoms with Crippen LogP contribution in [0.5, 0.6) is 11.5 Å². The largest absolute Gasteiger partial charge is 0.506 e. The first-order valence-corrected chi connectivity index (χ1v) is 17.8. The first kappa shape index (κ1) is 35.3. The molecular formula is C35H26N4O11S2. The molecule has 0 aromatic heterocycles. The molecule has 8 N–H and O–H groups in total. The number of anilines is 4. The van der Waals surface area contributed by atoms with Crippen LogP contribution in [0.1, 0.15) is 20.7 Å². The molecule has 15 nitrogen and oxygen atoms in total. The summed E-state index contributed by atoms with van der Waals surface area (Å²) in [6.45, 7) is 0. The molecule has 17 heteroatoms. The number of fused-ring (bicyclic) bond motifs is 2. The van der Waals surface area contributed by atoms with E-state index in [1.807, 2.05) is 0 Å². The molecule has 52 heavy (non-hydrogen) atoms. The third kappa shape index (κ3) is 7.32. The van der Waals surface area contributed by atoms with Crippen molar-refractivity contribution < 1.29 is 50.5 Å². The summed E-state index contributed by atoms with van der Waals surface area (Å²) in [6.07, 6.45) is 0. The number of hydrogen-bond donors (Lipinski definition) is 8. The van der Waals surface area contributed by atoms with E-state index in [1.54, 1.807) is 12.1 Å². The Labute approximate surface area is 295 Å². The molecule has 0 aliphatic rings. The van der Waals surface area contributed by atoms with E-state index in [4.69, 9.17) is 0 Å². The first-order chi connectivity index (χ1) is 24.6. The second kappa shape index (κ2) is 13.6. The van der Waals surface area contributed by atoms with E-state index in [1.165, 1.54) is 84.9 Å². The minimum absolute atomic E-state index is 0.00461. The maximum Gasteiger partial charge on any atom is 0.323 e. The number of aromatic hydroxyl groups is 2. The van der Waals surface area contributed by atoms with Gasteiger partial charge in [0, 0.05) is 56.2 Å². The summed E-state index contributed by atoms with van der Waals surface area (Å²) in [6, 6.07) is 24.9. The van der Waals surface area contributed by atoms with Crippen molar-refractivity contribution in [2.45, 2.75) is 9.79 Å². The average Bonchev–Trinajstić information content (AvgIpc) is 3.07. The Morgan fingerprint density at radius 3 is 1.12 bits per heavy atom. The minimum atomic E-state index is -4.77. The molecule has 0 fully saturated rings. The highest BCUT2D eigenvalue weighted by molar-refractivity contribution is 7.86. The molecule has 0 saturated carbocycles. The van der Waals surface area contributed by atoms with Gasteiger partial charge in [0.1, 0.15) is 21.3 Å². The van der Waals surface area contributed by atoms with Gasteiger partial charge in [-0.25, -0.2) is 4.79 Å². The third-order valence-electron chi connectivity index (χ3n) is 7.77. The standard InChI is InChI=1S/C35H26N4O11S2/c40-29-17-27(23-5-1-3-7-25(23)31(29)51(45,46)47)38-33(42)19-9-13-21(14-10-19)36-35(44)37-22-15-11-20(12-16-22)34(43)39-28-18-30(41)32(52(48,49)50)26-8-4-2-6-24(26)28/h1-18,40-41H,(H,38,42)(H,39,43)(H2,36,37,44)(H,45,46,47)(H,48,49,50). The lowest BCUT2D eigenvalue weighted by atomic mass is 10.1. The lowest BCUT2D eigenvalue weighted by Gasteiger charge is -2.13. The summed E-state index contributed by atoms with van der Waals surface area (Å²) in [7, 11) is -9.53. The van der Waals surface area contributed by atoms with E-state index in [2.05, 4.69) is 21.3 Å². The van der Waals surface area contributed by atoms with E-state index in [0.29, 0.717) is 11.4 Å². The van der Waals surface area contributed by atoms with Crippen molar-refractivity contribution in [2.24, 2.45) is 0 Å². The predicted molar refractivity (Wildman–Crippen MR) is 192 cm³/mol. The molecule has 6 aromatic carbocycles. The maximum atomic E-state index is 13.0. The molecule has 0 unspecified atom stereocenters. The summed E-state index contributed by atoms with van der Waals surface area (Å²) in [4.78, 5) is 37.3. The quantitative estimate of drug-likeness (QED) is 0.0834. The topological polar surface area (TPSA) is 249 Å². The molecule has 0 saturated heterocycles. The second-order valence-corrected chi connectivity index (χ2v) is 13.9. The van der Waals surface area contributed by atoms with E-state index in [9.17, 15) is 50.5 Å². The smallest absolute Gasteiger partial charge is 0.323 e. The first-order valence-electron chi connectivity index (χ1n) is 15.0. The number of phenolic OH excluding ortho intramolecular Hbond substituents is 2. The Morgan fingerprint density at radius 2 is 0.788 bits per heavy atom. The Morgan fingerprint density at radius 1 is 0.462 bits per heavy atom. The minimum Gasteiger partial charge on any atom is -0.506 e. The number of hydrogen-bond acceptors (Lipinski definition) is 9. The number of urea groups is 1. The fourth-order valence-corrected chi connectivity index (χ4v) is 7.07. The van der Waals surface area contributed by atoms with Crippen molar-refractivity contribution in [1.82, 2.24) is 0 Å². The van der Waals surface area contributed by atoms with Crippen LogP contribution in [0.15, 0.2) is 119 Å². The van der Waals surface area contributed by atoms with Gasteiger partial charge in [-0.3, -0.25) is 18.7 Å². The van der Waals surface area contributed by atoms with Gasteiger partial charge in [0.05, 0.1) is 11.4 Å². The van der Waals surface area contributed by atoms with E-state index in [0.717, 1.165) is 12.1 Å². The average molecular weight is 743 g/mol. The van der Waals surface area contributed by atoms with Crippen LogP contribution in [-0.2, 0) is 20.2 Å². The number of phenols is 2. The molecule has 6 aromatic rings. The van der Waals surface area contributed by atoms with Crippen LogP contribution in [0.4, 0.5) is 27.5 Å². The van der Waals surface area contributed by atoms with Gasteiger partial charge >= 0.3 is 6.03 Å². The highest BCUT2D eigenvalue weighted by Gasteiger charge is 2.24. The summed E-state index contributed by atoms with van der Waals surface area (Å²) >= 11 is 0. The van der Waals surface area contributed by atoms with Crippen LogP contribution in [0.2, 0.25) is 0 Å². The van der Waals surface area contributed by atoms with Crippen LogP contribution >= 0.6 is 0 Å². The predicted octanol–water partition coefficient (Wildman–Crippen LogP) is 6.05. The van der Waals surface area contributed by atoms with E-state index < -0.39 is 59.4 Å². The summed E-state index contributed by atoms with van der Waals surface area (Å²) < 4.78 is 66.5. The van der Waals surface area contributed by atoms with Crippen molar-refractivity contribution >= 4 is 82.4 Å². The van der Waals surface area contributed by atoms with Gasteiger partial charge in [-0.2, -0.15) is 16.8 Å². The van der Waals surface area contributed by atoms with E-state index in [-0.39, 0.29) is 44.0 Å². The molecule has 0 aliphatic carbocycles. The summed E-state index contributed by atoms with van der Waals surface area (Å²) in [5.41, 5.74) is 1.16. The van der Waals surface area contributed by atoms with Gasteiger partial charge in [0.25, 0.3) is 32.1 Å². The second-order valence-electron chi connectivity index (χ2n) is 11.2. The molecule has 264 valence electrons. The molecule has 0 radical (unpaired) electrons. The number of carbonyl (C=O) groups excluding carboxylic acids is 3. The molecule has 0 heterocycles. The zero-order valence-corrected chi connectivity index (χ0v) is 28.0. The van der Waals surface area contributed by atoms with Gasteiger partial charge in [-0.15, -0.1) is 0 Å². The van der Waals surface area contributed by atoms with Gasteiger partial charge in [-0.05, 0) is 48.5 Å². The Kier molecular flexibility index (Phi) is 9.26. The molecule has 6 rings (SSSR count). The number of amides is 4. The van der Waals surface area contributed by atoms with Gasteiger partial charge in [0.15, 0.2) is 0 Å². The fourth-order valence-electron chi connectivity index (χ4n) is 5.51. The Balaban J connectivity index is 1.09. The van der Waals surface area contributed by atoms with Crippen LogP contribution in [0.25, 0.3) is 21.5 Å². The van der Waals surface area contributed by atoms with Crippen molar-refractivity contribution in [3.63, 3.8) is 0 Å². The van der Waals surface area contributed by atoms with Crippen molar-refractivity contribution in [3.05, 3.63) is 120 Å². The molecule has 0 atom stereocenters. The number of benzene rings is 6. The van der Waals surface area contributed by atoms with Crippen LogP contribution in [0.3, 0.4) is 0 Å². The van der Waals surface area contributed by atoms with E-state index >= 15 is 0 Å². The van der Waals surface area contributed by atoms with Crippen molar-refractivity contribution in [2.75, 3.05) is 21.3 Å². The zero-order chi connectivity index (χ0) is 37.4. The lowest BCUT2D eigenvalue weighted by Crippen LogP contribution is -2.20. The Bertz CT molecular complexity index is 2460. The number of rotatable bonds is 8. The molecule has 4 amide bonds. The molecule has 0 aliphatic heterocycles. The zero-order valence-electron chi connectivity index (χ0n) is 26.4. The molecule has 0 spiro atoms. The van der Waals surface area contributed by atoms with Crippen LogP contribution < -0.4 is 21.3 Å². The number of carbonyl (C=O) groups is 3. The van der Waals surface area contributed by atoms with Crippen LogP contribution in [0, 0.1) is 0 Å². The monoisotopic (exact) mass is 742 g/mol. The normalized spacial score (nSPS) is 11.6. The molecular weight excluding hydrogens is 717 g/mol. The van der Waals surface area contributed by atoms with Gasteiger partial charge < -0.3 is 31.5 Å². The van der Waals surface area contributed by atoms with Gasteiger partial charge in [0.2, 0.25) is 0 Å². The maximum absolute atomic E-state index is 13.0. The third-order valence-corrected chi connectivity index (χ3v) is 9.66. The highest BCUT2D eigenvalue weighted by atomic mass is 32.2. The SMILES string of the molecule is O=C(Nc1ccc(C(=O)Nc2cc(O)c(S(=O)(=O)O)c3ccccc23)cc1)Nc1ccc(C(=O)Nc2cc(O)c(S(=O)(=O)O)c3ccccc23)cc1. The van der Waals surface area contributed by atoms with Crippen molar-refractivity contribution in [3.8, 4) is 11.5 Å². The fraction of sp³-hybridized carbons (Fsp3) is 0. The number of nitrogens with one attached hydrogen (secondary N) is 4. The van der Waals surface area contributed by atoms with Crippen molar-refractivity contribution in [1.29, 1.82) is 0 Å². The lowest BCUT2D eigenvalue weighted by molar-refractivity contribution is 0.101. The highest BCUT2D eigenvalue weighted by Crippen LogP contribution is 2.38. The van der Waals surface area contributed by atoms with Gasteiger partial charge in [-0.1, -0.05) is 48.5 Å². The summed E-state index contributed by atoms with van der Waals surface area (Å²) in [5.74, 6) is -2.71.